The smallest absolute Gasteiger partial charge is 0.264 e. The minimum absolute atomic E-state index is 0.0748. The number of nitrogens with zero attached hydrogens (tertiary/aromatic N) is 1. The summed E-state index contributed by atoms with van der Waals surface area (Å²) in [5.74, 6) is 0.0309. The number of carbonyl (C=O) groups excluding carboxylic acids is 1. The number of rotatable bonds is 0. The lowest BCUT2D eigenvalue weighted by atomic mass is 9.65. The van der Waals surface area contributed by atoms with Crippen molar-refractivity contribution in [3.8, 4) is 0 Å². The molecule has 230 valence electrons. The van der Waals surface area contributed by atoms with Gasteiger partial charge in [-0.15, -0.1) is 0 Å². The molecule has 3 heterocycles. The lowest BCUT2D eigenvalue weighted by Crippen LogP contribution is -2.52. The molecule has 0 aromatic heterocycles. The van der Waals surface area contributed by atoms with Crippen molar-refractivity contribution in [2.45, 2.75) is 80.3 Å². The number of nitrogens with one attached hydrogen (secondary N) is 1. The van der Waals surface area contributed by atoms with Gasteiger partial charge in [-0.1, -0.05) is 29.8 Å². The van der Waals surface area contributed by atoms with Gasteiger partial charge in [0, 0.05) is 23.3 Å². The zero-order chi connectivity index (χ0) is 29.9. The number of sulfonamides is 1. The summed E-state index contributed by atoms with van der Waals surface area (Å²) in [6.45, 7) is 1.17. The van der Waals surface area contributed by atoms with E-state index >= 15 is 0 Å². The van der Waals surface area contributed by atoms with Gasteiger partial charge in [-0.3, -0.25) is 4.79 Å². The topological polar surface area (TPSA) is 116 Å². The van der Waals surface area contributed by atoms with Gasteiger partial charge < -0.3 is 19.8 Å². The van der Waals surface area contributed by atoms with Crippen LogP contribution in [-0.2, 0) is 31.4 Å². The van der Waals surface area contributed by atoms with E-state index in [9.17, 15) is 23.4 Å². The minimum atomic E-state index is -4.06. The number of amides is 1. The molecule has 2 saturated carbocycles. The van der Waals surface area contributed by atoms with Crippen LogP contribution in [0.5, 0.6) is 0 Å². The maximum atomic E-state index is 13.4. The Morgan fingerprint density at radius 3 is 2.79 bits per heavy atom. The fourth-order valence-corrected chi connectivity index (χ4v) is 10.4. The first-order chi connectivity index (χ1) is 20.6. The summed E-state index contributed by atoms with van der Waals surface area (Å²) in [4.78, 5) is 15.7. The second-order valence-electron chi connectivity index (χ2n) is 13.3. The Morgan fingerprint density at radius 1 is 1.12 bits per heavy atom. The molecule has 8 nitrogen and oxygen atoms in total. The highest BCUT2D eigenvalue weighted by molar-refractivity contribution is 7.90. The molecule has 3 fully saturated rings. The van der Waals surface area contributed by atoms with Crippen LogP contribution in [0.3, 0.4) is 0 Å². The largest absolute Gasteiger partial charge is 0.495 e. The van der Waals surface area contributed by atoms with E-state index in [1.807, 2.05) is 24.4 Å². The Balaban J connectivity index is 1.30. The molecule has 3 aliphatic heterocycles. The number of fused-ring (bicyclic) bond motifs is 9. The van der Waals surface area contributed by atoms with Crippen molar-refractivity contribution in [3.05, 3.63) is 82.3 Å². The molecule has 1 saturated heterocycles. The van der Waals surface area contributed by atoms with Crippen LogP contribution in [-0.4, -0.2) is 66.1 Å². The monoisotopic (exact) mass is 626 g/mol. The van der Waals surface area contributed by atoms with E-state index in [2.05, 4.69) is 21.8 Å². The van der Waals surface area contributed by atoms with Gasteiger partial charge in [0.1, 0.15) is 5.76 Å². The molecule has 1 unspecified atom stereocenters. The van der Waals surface area contributed by atoms with E-state index in [-0.39, 0.29) is 41.2 Å². The zero-order valence-corrected chi connectivity index (χ0v) is 25.6. The van der Waals surface area contributed by atoms with Gasteiger partial charge in [-0.2, -0.15) is 0 Å². The van der Waals surface area contributed by atoms with Crippen molar-refractivity contribution in [2.75, 3.05) is 13.2 Å². The number of hydrogen-bond acceptors (Lipinski definition) is 7. The number of allylic oxidation sites excluding steroid dienone is 3. The van der Waals surface area contributed by atoms with E-state index < -0.39 is 33.4 Å². The second-order valence-corrected chi connectivity index (χ2v) is 15.6. The highest BCUT2D eigenvalue weighted by Gasteiger charge is 2.54. The molecule has 7 rings (SSSR count). The van der Waals surface area contributed by atoms with Crippen molar-refractivity contribution >= 4 is 27.5 Å². The number of aliphatic hydroxyl groups is 2. The third-order valence-corrected chi connectivity index (χ3v) is 12.9. The highest BCUT2D eigenvalue weighted by Crippen LogP contribution is 2.51. The fraction of sp³-hybridized carbons (Fsp3) is 0.545. The van der Waals surface area contributed by atoms with Crippen molar-refractivity contribution in [1.29, 1.82) is 0 Å². The average molecular weight is 627 g/mol. The van der Waals surface area contributed by atoms with Crippen molar-refractivity contribution in [3.63, 3.8) is 0 Å². The predicted molar refractivity (Wildman–Crippen MR) is 163 cm³/mol. The molecule has 3 aliphatic carbocycles. The van der Waals surface area contributed by atoms with Crippen LogP contribution in [0.1, 0.15) is 56.1 Å². The standard InChI is InChI=1S/C33H39ClN2O6S/c34-24-8-10-27-21(15-24)4-2-13-33(27)19-42-29-11-7-20-12-14-36(31(29)33)18-23-6-9-26(23)28(38)5-1-3-22-16-25(37)17-30(22)43(40,41)35-32(20)39/h1,5,7-8,10-12,14-15,22-23,25-26,28,30-31,37-38H,2-4,6,9,13,16-19H2,(H,35,39)/b5-1+,14-12?,20-7?,29-11?/t22-,23+,25-,26-,28+,30-,31?,33+/m1/s1. The van der Waals surface area contributed by atoms with E-state index in [1.54, 1.807) is 18.2 Å². The normalized spacial score (nSPS) is 39.1. The minimum Gasteiger partial charge on any atom is -0.495 e. The summed E-state index contributed by atoms with van der Waals surface area (Å²) in [6, 6.07) is 6.02. The quantitative estimate of drug-likeness (QED) is 0.374. The molecule has 43 heavy (non-hydrogen) atoms. The lowest BCUT2D eigenvalue weighted by molar-refractivity contribution is -0.115. The van der Waals surface area contributed by atoms with Crippen LogP contribution in [0.15, 0.2) is 66.1 Å². The summed E-state index contributed by atoms with van der Waals surface area (Å²) in [5.41, 5.74) is 2.39. The molecule has 1 spiro atoms. The molecule has 1 amide bonds. The maximum Gasteiger partial charge on any atom is 0.264 e. The average Bonchev–Trinajstić information content (AvgIpc) is 3.48. The summed E-state index contributed by atoms with van der Waals surface area (Å²) in [5, 5.41) is 21.3. The van der Waals surface area contributed by atoms with Crippen molar-refractivity contribution < 1.29 is 28.2 Å². The van der Waals surface area contributed by atoms with Gasteiger partial charge in [-0.05, 0) is 111 Å². The Hall–Kier alpha value is -2.59. The van der Waals surface area contributed by atoms with Crippen LogP contribution >= 0.6 is 11.6 Å². The van der Waals surface area contributed by atoms with Gasteiger partial charge in [-0.25, -0.2) is 13.1 Å². The van der Waals surface area contributed by atoms with E-state index in [0.29, 0.717) is 26.0 Å². The molecule has 0 radical (unpaired) electrons. The number of carbonyl (C=O) groups is 1. The Morgan fingerprint density at radius 2 is 1.98 bits per heavy atom. The highest BCUT2D eigenvalue weighted by atomic mass is 35.5. The lowest BCUT2D eigenvalue weighted by Gasteiger charge is -2.47. The van der Waals surface area contributed by atoms with Gasteiger partial charge in [0.15, 0.2) is 0 Å². The van der Waals surface area contributed by atoms with Crippen molar-refractivity contribution in [2.24, 2.45) is 17.8 Å². The maximum absolute atomic E-state index is 13.4. The molecule has 1 aromatic rings. The van der Waals surface area contributed by atoms with Crippen LogP contribution in [0.4, 0.5) is 0 Å². The SMILES string of the molecule is O=C1NS(=O)(=O)[C@@H]2C[C@H](O)C[C@H]2C/C=C/[C@H](O)[C@@H]2CC[C@H]2CN2C=CC1=CC=C1OC[C@]3(CCCc4cc(Cl)ccc43)C12. The van der Waals surface area contributed by atoms with E-state index in [0.717, 1.165) is 42.9 Å². The molecular formula is C33H39ClN2O6S. The van der Waals surface area contributed by atoms with Gasteiger partial charge in [0.05, 0.1) is 35.5 Å². The van der Waals surface area contributed by atoms with Gasteiger partial charge in [0.2, 0.25) is 10.0 Å². The number of hydrogen-bond donors (Lipinski definition) is 3. The molecule has 1 aromatic carbocycles. The van der Waals surface area contributed by atoms with Crippen LogP contribution < -0.4 is 4.72 Å². The second kappa shape index (κ2) is 11.1. The molecule has 10 heteroatoms. The number of halogens is 1. The number of aryl methyl sites for hydroxylation is 1. The summed E-state index contributed by atoms with van der Waals surface area (Å²) in [7, 11) is -4.06. The predicted octanol–water partition coefficient (Wildman–Crippen LogP) is 3.89. The van der Waals surface area contributed by atoms with Crippen molar-refractivity contribution in [1.82, 2.24) is 9.62 Å². The first-order valence-electron chi connectivity index (χ1n) is 15.5. The molecule has 6 aliphatic rings. The molecule has 2 bridgehead atoms. The Labute approximate surface area is 258 Å². The number of benzene rings is 1. The van der Waals surface area contributed by atoms with Gasteiger partial charge in [0.25, 0.3) is 5.91 Å². The number of aliphatic hydroxyl groups excluding tert-OH is 2. The Kier molecular flexibility index (Phi) is 7.51. The summed E-state index contributed by atoms with van der Waals surface area (Å²) in [6.07, 6.45) is 15.0. The first-order valence-corrected chi connectivity index (χ1v) is 17.4. The van der Waals surface area contributed by atoms with E-state index in [1.165, 1.54) is 11.1 Å². The zero-order valence-electron chi connectivity index (χ0n) is 24.1. The summed E-state index contributed by atoms with van der Waals surface area (Å²) >= 11 is 6.40. The molecule has 8 atom stereocenters. The fourth-order valence-electron chi connectivity index (χ4n) is 8.51. The van der Waals surface area contributed by atoms with Crippen LogP contribution in [0, 0.1) is 17.8 Å². The van der Waals surface area contributed by atoms with Gasteiger partial charge >= 0.3 is 0 Å². The first kappa shape index (κ1) is 29.1. The van der Waals surface area contributed by atoms with Crippen LogP contribution in [0.2, 0.25) is 5.02 Å². The molecule has 3 N–H and O–H groups in total. The third-order valence-electron chi connectivity index (χ3n) is 10.8. The van der Waals surface area contributed by atoms with E-state index in [4.69, 9.17) is 16.3 Å². The third kappa shape index (κ3) is 5.16. The number of ether oxygens (including phenoxy) is 1. The Bertz CT molecular complexity index is 1540. The molecular weight excluding hydrogens is 588 g/mol. The van der Waals surface area contributed by atoms with Crippen LogP contribution in [0.25, 0.3) is 0 Å². The summed E-state index contributed by atoms with van der Waals surface area (Å²) < 4.78 is 35.6.